The third-order valence-electron chi connectivity index (χ3n) is 3.73. The average molecular weight is 377 g/mol. The van der Waals surface area contributed by atoms with E-state index in [4.69, 9.17) is 21.1 Å². The molecule has 0 unspecified atom stereocenters. The van der Waals surface area contributed by atoms with Gasteiger partial charge in [-0.2, -0.15) is 0 Å². The van der Waals surface area contributed by atoms with E-state index in [1.165, 1.54) is 21.1 Å². The van der Waals surface area contributed by atoms with Crippen LogP contribution in [0.4, 0.5) is 11.4 Å². The smallest absolute Gasteiger partial charge is 0.221 e. The summed E-state index contributed by atoms with van der Waals surface area (Å²) in [5, 5.41) is 6.19. The average Bonchev–Trinajstić information content (AvgIpc) is 2.61. The van der Waals surface area contributed by atoms with Gasteiger partial charge in [0.1, 0.15) is 11.5 Å². The van der Waals surface area contributed by atoms with Crippen LogP contribution in [0.5, 0.6) is 11.5 Å². The second kappa shape index (κ2) is 8.58. The number of amides is 1. The molecule has 6 nitrogen and oxygen atoms in total. The molecule has 0 saturated heterocycles. The molecule has 0 fully saturated rings. The zero-order chi connectivity index (χ0) is 19.3. The Balaban J connectivity index is 2.16. The molecule has 0 heterocycles. The van der Waals surface area contributed by atoms with Gasteiger partial charge in [0.15, 0.2) is 5.78 Å². The molecule has 1 amide bonds. The normalized spacial score (nSPS) is 11.4. The molecule has 0 radical (unpaired) electrons. The molecule has 2 aromatic carbocycles. The number of ether oxygens (including phenoxy) is 2. The van der Waals surface area contributed by atoms with Gasteiger partial charge in [-0.25, -0.2) is 0 Å². The number of rotatable bonds is 7. The summed E-state index contributed by atoms with van der Waals surface area (Å²) in [7, 11) is 3.05. The van der Waals surface area contributed by atoms with Crippen LogP contribution >= 0.6 is 11.6 Å². The molecule has 2 rings (SSSR count). The Kier molecular flexibility index (Phi) is 6.46. The molecule has 0 aliphatic heterocycles. The fourth-order valence-corrected chi connectivity index (χ4v) is 2.68. The molecule has 138 valence electrons. The third kappa shape index (κ3) is 4.67. The largest absolute Gasteiger partial charge is 0.495 e. The lowest BCUT2D eigenvalue weighted by Gasteiger charge is -2.18. The lowest BCUT2D eigenvalue weighted by atomic mass is 10.0. The standard InChI is InChI=1S/C19H21ClN2O4/c1-11(19(24)13-5-7-14(8-6-13)22-12(2)23)21-16-9-15(20)17(25-3)10-18(16)26-4/h5-11,21H,1-4H3,(H,22,23)/t11-/m0/s1. The van der Waals surface area contributed by atoms with Crippen LogP contribution in [0.3, 0.4) is 0 Å². The quantitative estimate of drug-likeness (QED) is 0.714. The van der Waals surface area contributed by atoms with Crippen molar-refractivity contribution in [1.29, 1.82) is 0 Å². The van der Waals surface area contributed by atoms with Gasteiger partial charge >= 0.3 is 0 Å². The van der Waals surface area contributed by atoms with Gasteiger partial charge in [-0.15, -0.1) is 0 Å². The van der Waals surface area contributed by atoms with Crippen LogP contribution in [-0.4, -0.2) is 32.0 Å². The Morgan fingerprint density at radius 1 is 1.04 bits per heavy atom. The number of hydrogen-bond donors (Lipinski definition) is 2. The van der Waals surface area contributed by atoms with Crippen molar-refractivity contribution in [2.45, 2.75) is 19.9 Å². The minimum atomic E-state index is -0.514. The highest BCUT2D eigenvalue weighted by atomic mass is 35.5. The predicted octanol–water partition coefficient (Wildman–Crippen LogP) is 4.00. The first-order valence-electron chi connectivity index (χ1n) is 7.95. The van der Waals surface area contributed by atoms with Crippen LogP contribution in [0.25, 0.3) is 0 Å². The van der Waals surface area contributed by atoms with Crippen molar-refractivity contribution in [2.75, 3.05) is 24.9 Å². The second-order valence-corrected chi connectivity index (χ2v) is 6.08. The van der Waals surface area contributed by atoms with Crippen LogP contribution in [0.2, 0.25) is 5.02 Å². The first-order valence-corrected chi connectivity index (χ1v) is 8.33. The van der Waals surface area contributed by atoms with Gasteiger partial charge in [0, 0.05) is 24.2 Å². The Bertz CT molecular complexity index is 806. The summed E-state index contributed by atoms with van der Waals surface area (Å²) in [6.07, 6.45) is 0. The van der Waals surface area contributed by atoms with E-state index < -0.39 is 6.04 Å². The molecule has 0 aliphatic rings. The van der Waals surface area contributed by atoms with E-state index in [1.807, 2.05) is 0 Å². The number of carbonyl (C=O) groups excluding carboxylic acids is 2. The highest BCUT2D eigenvalue weighted by Gasteiger charge is 2.18. The summed E-state index contributed by atoms with van der Waals surface area (Å²) in [4.78, 5) is 23.7. The summed E-state index contributed by atoms with van der Waals surface area (Å²) in [5.74, 6) is 0.740. The van der Waals surface area contributed by atoms with Crippen molar-refractivity contribution >= 4 is 34.7 Å². The van der Waals surface area contributed by atoms with E-state index in [1.54, 1.807) is 43.3 Å². The summed E-state index contributed by atoms with van der Waals surface area (Å²) in [6, 6.07) is 9.51. The van der Waals surface area contributed by atoms with Gasteiger partial charge in [-0.1, -0.05) is 11.6 Å². The fourth-order valence-electron chi connectivity index (χ4n) is 2.44. The zero-order valence-electron chi connectivity index (χ0n) is 15.1. The van der Waals surface area contributed by atoms with Crippen LogP contribution < -0.4 is 20.1 Å². The topological polar surface area (TPSA) is 76.7 Å². The minimum Gasteiger partial charge on any atom is -0.495 e. The van der Waals surface area contributed by atoms with Gasteiger partial charge in [-0.3, -0.25) is 9.59 Å². The molecule has 0 aromatic heterocycles. The molecule has 26 heavy (non-hydrogen) atoms. The molecule has 0 bridgehead atoms. The molecule has 0 saturated carbocycles. The number of ketones is 1. The predicted molar refractivity (Wildman–Crippen MR) is 103 cm³/mol. The lowest BCUT2D eigenvalue weighted by Crippen LogP contribution is -2.26. The van der Waals surface area contributed by atoms with E-state index in [9.17, 15) is 9.59 Å². The van der Waals surface area contributed by atoms with E-state index in [0.717, 1.165) is 0 Å². The number of nitrogens with one attached hydrogen (secondary N) is 2. The number of methoxy groups -OCH3 is 2. The van der Waals surface area contributed by atoms with Crippen molar-refractivity contribution in [3.8, 4) is 11.5 Å². The molecular weight excluding hydrogens is 356 g/mol. The molecule has 0 aliphatic carbocycles. The van der Waals surface area contributed by atoms with Crippen molar-refractivity contribution in [2.24, 2.45) is 0 Å². The van der Waals surface area contributed by atoms with E-state index in [2.05, 4.69) is 10.6 Å². The van der Waals surface area contributed by atoms with Crippen LogP contribution in [0, 0.1) is 0 Å². The Hall–Kier alpha value is -2.73. The van der Waals surface area contributed by atoms with Crippen LogP contribution in [0.15, 0.2) is 36.4 Å². The number of benzene rings is 2. The van der Waals surface area contributed by atoms with Crippen LogP contribution in [-0.2, 0) is 4.79 Å². The zero-order valence-corrected chi connectivity index (χ0v) is 15.8. The highest BCUT2D eigenvalue weighted by molar-refractivity contribution is 6.32. The SMILES string of the molecule is COc1cc(OC)c(N[C@@H](C)C(=O)c2ccc(NC(C)=O)cc2)cc1Cl. The Morgan fingerprint density at radius 3 is 2.19 bits per heavy atom. The minimum absolute atomic E-state index is 0.103. The summed E-state index contributed by atoms with van der Waals surface area (Å²) < 4.78 is 10.5. The first kappa shape index (κ1) is 19.6. The van der Waals surface area contributed by atoms with Gasteiger partial charge in [0.25, 0.3) is 0 Å². The van der Waals surface area contributed by atoms with Gasteiger partial charge in [-0.05, 0) is 37.3 Å². The van der Waals surface area contributed by atoms with Crippen molar-refractivity contribution in [3.05, 3.63) is 47.0 Å². The fraction of sp³-hybridized carbons (Fsp3) is 0.263. The molecule has 0 spiro atoms. The summed E-state index contributed by atoms with van der Waals surface area (Å²) in [5.41, 5.74) is 1.75. The lowest BCUT2D eigenvalue weighted by molar-refractivity contribution is -0.114. The Morgan fingerprint density at radius 2 is 1.65 bits per heavy atom. The van der Waals surface area contributed by atoms with Gasteiger partial charge in [0.2, 0.25) is 5.91 Å². The maximum Gasteiger partial charge on any atom is 0.221 e. The second-order valence-electron chi connectivity index (χ2n) is 5.68. The highest BCUT2D eigenvalue weighted by Crippen LogP contribution is 2.36. The maximum absolute atomic E-state index is 12.6. The van der Waals surface area contributed by atoms with Gasteiger partial charge in [0.05, 0.1) is 31.0 Å². The number of carbonyl (C=O) groups is 2. The Labute approximate surface area is 157 Å². The maximum atomic E-state index is 12.6. The number of hydrogen-bond acceptors (Lipinski definition) is 5. The summed E-state index contributed by atoms with van der Waals surface area (Å²) >= 11 is 6.16. The molecule has 7 heteroatoms. The first-order chi connectivity index (χ1) is 12.3. The van der Waals surface area contributed by atoms with Gasteiger partial charge < -0.3 is 20.1 Å². The number of anilines is 2. The van der Waals surface area contributed by atoms with Crippen molar-refractivity contribution < 1.29 is 19.1 Å². The van der Waals surface area contributed by atoms with Crippen LogP contribution in [0.1, 0.15) is 24.2 Å². The van der Waals surface area contributed by atoms with E-state index in [0.29, 0.717) is 33.5 Å². The van der Waals surface area contributed by atoms with Crippen molar-refractivity contribution in [3.63, 3.8) is 0 Å². The van der Waals surface area contributed by atoms with E-state index >= 15 is 0 Å². The molecular formula is C19H21ClN2O4. The summed E-state index contributed by atoms with van der Waals surface area (Å²) in [6.45, 7) is 3.18. The molecule has 1 atom stereocenters. The number of halogens is 1. The van der Waals surface area contributed by atoms with Crippen molar-refractivity contribution in [1.82, 2.24) is 0 Å². The van der Waals surface area contributed by atoms with E-state index in [-0.39, 0.29) is 11.7 Å². The molecule has 2 aromatic rings. The molecule has 2 N–H and O–H groups in total. The third-order valence-corrected chi connectivity index (χ3v) is 4.02. The monoisotopic (exact) mass is 376 g/mol. The number of Topliss-reactive ketones (excluding diaryl/α,β-unsaturated/α-hetero) is 1.